The molecular formula is C49H58ClN3O7. The average Bonchev–Trinajstić information content (AvgIpc) is 3.51. The maximum Gasteiger partial charge on any atom is 0.329 e. The van der Waals surface area contributed by atoms with Gasteiger partial charge in [0.15, 0.2) is 0 Å². The largest absolute Gasteiger partial charge is 0.493 e. The summed E-state index contributed by atoms with van der Waals surface area (Å²) in [5, 5.41) is 27.1. The number of halogens is 1. The molecule has 1 heterocycles. The van der Waals surface area contributed by atoms with Gasteiger partial charge in [0.2, 0.25) is 5.91 Å². The number of carboxylic acid groups (broad SMARTS) is 2. The van der Waals surface area contributed by atoms with Gasteiger partial charge in [-0.05, 0) is 147 Å². The zero-order valence-corrected chi connectivity index (χ0v) is 35.7. The molecule has 10 nitrogen and oxygen atoms in total. The van der Waals surface area contributed by atoms with Crippen LogP contribution in [0.4, 0.5) is 5.69 Å². The Kier molecular flexibility index (Phi) is 13.4. The van der Waals surface area contributed by atoms with Gasteiger partial charge in [0, 0.05) is 41.0 Å². The van der Waals surface area contributed by atoms with Crippen LogP contribution in [0.2, 0.25) is 5.02 Å². The fourth-order valence-corrected chi connectivity index (χ4v) is 10.3. The quantitative estimate of drug-likeness (QED) is 0.0817. The van der Waals surface area contributed by atoms with Crippen molar-refractivity contribution >= 4 is 35.1 Å². The number of pyridine rings is 1. The number of hydrogen-bond acceptors (Lipinski definition) is 7. The molecule has 1 saturated carbocycles. The molecule has 3 aliphatic rings. The van der Waals surface area contributed by atoms with E-state index in [-0.39, 0.29) is 42.1 Å². The molecule has 1 amide bonds. The number of carbonyl (C=O) groups is 3. The van der Waals surface area contributed by atoms with Gasteiger partial charge in [-0.1, -0.05) is 67.9 Å². The number of amides is 1. The van der Waals surface area contributed by atoms with Gasteiger partial charge in [-0.2, -0.15) is 0 Å². The summed E-state index contributed by atoms with van der Waals surface area (Å²) >= 11 is 6.31. The number of fused-ring (bicyclic) bond motifs is 3. The van der Waals surface area contributed by atoms with E-state index < -0.39 is 23.5 Å². The van der Waals surface area contributed by atoms with Crippen molar-refractivity contribution in [1.29, 1.82) is 0 Å². The number of nitrogens with zero attached hydrogens (tertiary/aromatic N) is 1. The molecule has 3 aromatic carbocycles. The molecule has 0 aliphatic heterocycles. The van der Waals surface area contributed by atoms with Gasteiger partial charge in [0.05, 0.1) is 12.7 Å². The lowest BCUT2D eigenvalue weighted by Gasteiger charge is -2.47. The zero-order valence-electron chi connectivity index (χ0n) is 34.9. The number of ether oxygens (including phenoxy) is 2. The van der Waals surface area contributed by atoms with Crippen molar-refractivity contribution in [2.24, 2.45) is 11.8 Å². The summed E-state index contributed by atoms with van der Waals surface area (Å²) in [4.78, 5) is 42.6. The minimum atomic E-state index is -1.14. The molecule has 0 radical (unpaired) electrons. The summed E-state index contributed by atoms with van der Waals surface area (Å²) in [6.07, 6.45) is 9.60. The van der Waals surface area contributed by atoms with Gasteiger partial charge in [-0.15, -0.1) is 0 Å². The highest BCUT2D eigenvalue weighted by atomic mass is 35.5. The Morgan fingerprint density at radius 3 is 2.48 bits per heavy atom. The lowest BCUT2D eigenvalue weighted by atomic mass is 9.59. The van der Waals surface area contributed by atoms with Crippen molar-refractivity contribution in [3.05, 3.63) is 118 Å². The van der Waals surface area contributed by atoms with E-state index in [1.165, 1.54) is 16.7 Å². The summed E-state index contributed by atoms with van der Waals surface area (Å²) in [6.45, 7) is 7.02. The van der Waals surface area contributed by atoms with Crippen LogP contribution in [-0.4, -0.2) is 57.3 Å². The summed E-state index contributed by atoms with van der Waals surface area (Å²) in [7, 11) is 0. The van der Waals surface area contributed by atoms with Crippen LogP contribution < -0.4 is 20.1 Å². The minimum absolute atomic E-state index is 0.120. The molecule has 3 aliphatic carbocycles. The molecule has 5 atom stereocenters. The third-order valence-electron chi connectivity index (χ3n) is 13.3. The first kappa shape index (κ1) is 43.0. The molecule has 4 N–H and O–H groups in total. The fourth-order valence-electron chi connectivity index (χ4n) is 10.1. The lowest BCUT2D eigenvalue weighted by Crippen LogP contribution is -2.53. The molecule has 0 saturated heterocycles. The van der Waals surface area contributed by atoms with E-state index in [4.69, 9.17) is 21.1 Å². The maximum atomic E-state index is 13.1. The van der Waals surface area contributed by atoms with Crippen LogP contribution >= 0.6 is 11.6 Å². The Hall–Kier alpha value is -5.09. The van der Waals surface area contributed by atoms with Gasteiger partial charge in [0.25, 0.3) is 0 Å². The number of aliphatic carboxylic acids is 2. The Bertz CT molecular complexity index is 2150. The van der Waals surface area contributed by atoms with E-state index in [0.717, 1.165) is 49.1 Å². The molecule has 1 aromatic heterocycles. The summed E-state index contributed by atoms with van der Waals surface area (Å²) < 4.78 is 13.0. The zero-order chi connectivity index (χ0) is 42.4. The van der Waals surface area contributed by atoms with Crippen LogP contribution in [0.1, 0.15) is 112 Å². The van der Waals surface area contributed by atoms with Crippen molar-refractivity contribution in [1.82, 2.24) is 10.3 Å². The van der Waals surface area contributed by atoms with Crippen LogP contribution in [0.5, 0.6) is 11.5 Å². The van der Waals surface area contributed by atoms with Crippen molar-refractivity contribution < 1.29 is 34.1 Å². The van der Waals surface area contributed by atoms with Crippen molar-refractivity contribution in [3.63, 3.8) is 0 Å². The maximum absolute atomic E-state index is 13.1. The minimum Gasteiger partial charge on any atom is -0.493 e. The van der Waals surface area contributed by atoms with Crippen molar-refractivity contribution in [3.8, 4) is 11.5 Å². The van der Waals surface area contributed by atoms with Crippen LogP contribution in [-0.2, 0) is 39.1 Å². The van der Waals surface area contributed by atoms with E-state index in [9.17, 15) is 24.6 Å². The first-order valence-electron chi connectivity index (χ1n) is 21.6. The monoisotopic (exact) mass is 835 g/mol. The Labute approximate surface area is 358 Å². The van der Waals surface area contributed by atoms with Gasteiger partial charge in [-0.25, -0.2) is 9.59 Å². The number of aromatic nitrogens is 1. The number of carbonyl (C=O) groups excluding carboxylic acids is 1. The Balaban J connectivity index is 1.06. The number of carboxylic acids is 2. The topological polar surface area (TPSA) is 147 Å². The molecule has 1 fully saturated rings. The highest BCUT2D eigenvalue weighted by Crippen LogP contribution is 2.57. The second-order valence-electron chi connectivity index (χ2n) is 17.6. The van der Waals surface area contributed by atoms with Gasteiger partial charge < -0.3 is 30.3 Å². The molecule has 1 unspecified atom stereocenters. The molecule has 318 valence electrons. The normalized spacial score (nSPS) is 23.4. The van der Waals surface area contributed by atoms with E-state index >= 15 is 0 Å². The number of rotatable bonds is 17. The number of nitrogens with one attached hydrogen (secondary N) is 2. The SMILES string of the molecule is CC(CCC(=O)N[C@H](Cc1ccccc1)C(=O)O)Oc1ccc2c(c1)C1(CCC(Nc3cccc(Cl)c3)(C(=O)O)CC1)[C@@H](C[C@@H](C)COc1ccnc3c1[C@H](C)CCC3)C2. The highest BCUT2D eigenvalue weighted by Gasteiger charge is 2.54. The molecule has 0 bridgehead atoms. The highest BCUT2D eigenvalue weighted by molar-refractivity contribution is 6.30. The van der Waals surface area contributed by atoms with Crippen LogP contribution in [0, 0.1) is 11.8 Å². The molecule has 60 heavy (non-hydrogen) atoms. The van der Waals surface area contributed by atoms with E-state index in [1.54, 1.807) is 12.1 Å². The lowest BCUT2D eigenvalue weighted by molar-refractivity contribution is -0.144. The Morgan fingerprint density at radius 2 is 1.75 bits per heavy atom. The van der Waals surface area contributed by atoms with Crippen LogP contribution in [0.25, 0.3) is 0 Å². The summed E-state index contributed by atoms with van der Waals surface area (Å²) in [6, 6.07) is 23.8. The molecule has 4 aromatic rings. The van der Waals surface area contributed by atoms with Crippen molar-refractivity contribution in [2.45, 2.75) is 127 Å². The average molecular weight is 836 g/mol. The van der Waals surface area contributed by atoms with Crippen LogP contribution in [0.3, 0.4) is 0 Å². The molecule has 1 spiro atoms. The third kappa shape index (κ3) is 9.75. The molecule has 11 heteroatoms. The first-order valence-corrected chi connectivity index (χ1v) is 22.0. The van der Waals surface area contributed by atoms with E-state index in [2.05, 4.69) is 41.6 Å². The number of aryl methyl sites for hydroxylation is 1. The summed E-state index contributed by atoms with van der Waals surface area (Å²) in [5.41, 5.74) is 5.00. The van der Waals surface area contributed by atoms with Crippen LogP contribution in [0.15, 0.2) is 85.1 Å². The fraction of sp³-hybridized carbons (Fsp3) is 0.469. The second-order valence-corrected chi connectivity index (χ2v) is 18.1. The second kappa shape index (κ2) is 18.7. The van der Waals surface area contributed by atoms with Gasteiger partial charge in [0.1, 0.15) is 23.1 Å². The summed E-state index contributed by atoms with van der Waals surface area (Å²) in [5.74, 6) is 0.303. The number of benzene rings is 3. The first-order chi connectivity index (χ1) is 28.8. The predicted molar refractivity (Wildman–Crippen MR) is 233 cm³/mol. The molecular weight excluding hydrogens is 778 g/mol. The third-order valence-corrected chi connectivity index (χ3v) is 13.5. The standard InChI is InChI=1S/C49H58ClN3O7/c1-31(30-59-43-19-24-51-41-14-7-9-32(2)45(41)43)25-36-27-35-16-17-39(60-33(3)15-18-44(54)52-42(46(55)56)26-34-10-5-4-6-11-34)29-40(35)48(36)20-22-49(23-21-48,47(57)58)53-38-13-8-12-37(50)28-38/h4-6,8,10-13,16-17,19,24,28-29,31-33,36,42,53H,7,9,14-15,18,20-23,25-27,30H2,1-3H3,(H,52,54)(H,55,56)(H,57,58)/t31-,32-,33?,36+,42-,48?,49?/m1/s1. The Morgan fingerprint density at radius 1 is 0.967 bits per heavy atom. The smallest absolute Gasteiger partial charge is 0.329 e. The molecule has 7 rings (SSSR count). The van der Waals surface area contributed by atoms with E-state index in [1.807, 2.05) is 67.7 Å². The van der Waals surface area contributed by atoms with Gasteiger partial charge in [-0.3, -0.25) is 9.78 Å². The van der Waals surface area contributed by atoms with Crippen molar-refractivity contribution in [2.75, 3.05) is 11.9 Å². The van der Waals surface area contributed by atoms with Gasteiger partial charge >= 0.3 is 11.9 Å². The van der Waals surface area contributed by atoms with E-state index in [0.29, 0.717) is 61.1 Å². The number of hydrogen-bond donors (Lipinski definition) is 4. The number of anilines is 1. The predicted octanol–water partition coefficient (Wildman–Crippen LogP) is 9.56.